The van der Waals surface area contributed by atoms with Crippen LogP contribution in [0.4, 0.5) is 0 Å². The third kappa shape index (κ3) is 2.06. The number of fused-ring (bicyclic) bond motifs is 9. The summed E-state index contributed by atoms with van der Waals surface area (Å²) < 4.78 is 5.44. The Morgan fingerprint density at radius 1 is 1.17 bits per heavy atom. The van der Waals surface area contributed by atoms with E-state index in [0.717, 1.165) is 12.8 Å². The minimum Gasteiger partial charge on any atom is -0.465 e. The molecule has 0 aliphatic heterocycles. The number of hydrogen-bond acceptors (Lipinski definition) is 4. The normalized spacial score (nSPS) is 42.8. The van der Waals surface area contributed by atoms with Gasteiger partial charge in [-0.3, -0.25) is 14.4 Å². The summed E-state index contributed by atoms with van der Waals surface area (Å²) in [5.41, 5.74) is 0. The van der Waals surface area contributed by atoms with Crippen LogP contribution in [0.25, 0.3) is 0 Å². The fraction of sp³-hybridized carbons (Fsp3) is 0.737. The van der Waals surface area contributed by atoms with Gasteiger partial charge in [-0.25, -0.2) is 0 Å². The molecule has 7 atom stereocenters. The lowest BCUT2D eigenvalue weighted by atomic mass is 9.69. The van der Waals surface area contributed by atoms with Gasteiger partial charge in [0, 0.05) is 23.7 Å². The molecule has 3 fully saturated rings. The number of esters is 1. The van der Waals surface area contributed by atoms with Gasteiger partial charge in [0.05, 0.1) is 12.5 Å². The van der Waals surface area contributed by atoms with Gasteiger partial charge >= 0.3 is 5.97 Å². The molecule has 0 saturated heterocycles. The van der Waals surface area contributed by atoms with Gasteiger partial charge in [0.2, 0.25) is 0 Å². The molecule has 4 aliphatic rings. The van der Waals surface area contributed by atoms with Crippen LogP contribution in [-0.2, 0) is 19.1 Å². The summed E-state index contributed by atoms with van der Waals surface area (Å²) in [5, 5.41) is 0. The summed E-state index contributed by atoms with van der Waals surface area (Å²) in [6.07, 6.45) is 6.46. The van der Waals surface area contributed by atoms with E-state index in [0.29, 0.717) is 18.9 Å². The molecule has 3 saturated carbocycles. The van der Waals surface area contributed by atoms with Crippen molar-refractivity contribution in [3.05, 3.63) is 12.2 Å². The van der Waals surface area contributed by atoms with Crippen molar-refractivity contribution in [2.24, 2.45) is 47.3 Å². The highest BCUT2D eigenvalue weighted by Gasteiger charge is 2.69. The van der Waals surface area contributed by atoms with Crippen molar-refractivity contribution in [3.8, 4) is 0 Å². The molecule has 0 aromatic heterocycles. The maximum absolute atomic E-state index is 12.6. The van der Waals surface area contributed by atoms with E-state index < -0.39 is 0 Å². The predicted octanol–water partition coefficient (Wildman–Crippen LogP) is 2.42. The second-order valence-electron chi connectivity index (χ2n) is 8.07. The van der Waals surface area contributed by atoms with E-state index in [1.165, 1.54) is 0 Å². The number of hydrogen-bond donors (Lipinski definition) is 0. The van der Waals surface area contributed by atoms with Gasteiger partial charge < -0.3 is 4.74 Å². The van der Waals surface area contributed by atoms with E-state index in [1.54, 1.807) is 0 Å². The van der Waals surface area contributed by atoms with Gasteiger partial charge in [-0.05, 0) is 37.0 Å². The quantitative estimate of drug-likeness (QED) is 0.338. The van der Waals surface area contributed by atoms with Crippen LogP contribution in [0.2, 0.25) is 0 Å². The van der Waals surface area contributed by atoms with Gasteiger partial charge in [-0.1, -0.05) is 26.0 Å². The zero-order valence-corrected chi connectivity index (χ0v) is 13.7. The first-order valence-corrected chi connectivity index (χ1v) is 8.93. The summed E-state index contributed by atoms with van der Waals surface area (Å²) in [5.74, 6) is 0.243. The summed E-state index contributed by atoms with van der Waals surface area (Å²) in [6.45, 7) is 4.74. The highest BCUT2D eigenvalue weighted by molar-refractivity contribution is 6.01. The molecule has 4 nitrogen and oxygen atoms in total. The number of Topliss-reactive ketones (excluding diaryl/α,β-unsaturated/α-hetero) is 2. The van der Waals surface area contributed by atoms with E-state index in [-0.39, 0.29) is 59.0 Å². The molecule has 0 heterocycles. The van der Waals surface area contributed by atoms with Gasteiger partial charge in [-0.15, -0.1) is 0 Å². The third-order valence-corrected chi connectivity index (χ3v) is 6.44. The summed E-state index contributed by atoms with van der Waals surface area (Å²) in [7, 11) is 0. The predicted molar refractivity (Wildman–Crippen MR) is 83.2 cm³/mol. The number of carbonyl (C=O) groups is 3. The van der Waals surface area contributed by atoms with Crippen LogP contribution in [-0.4, -0.2) is 24.1 Å². The molecule has 0 spiro atoms. The molecule has 0 radical (unpaired) electrons. The molecule has 4 bridgehead atoms. The van der Waals surface area contributed by atoms with Crippen molar-refractivity contribution in [2.75, 3.05) is 6.61 Å². The fourth-order valence-corrected chi connectivity index (χ4v) is 5.55. The smallest absolute Gasteiger partial charge is 0.309 e. The van der Waals surface area contributed by atoms with E-state index in [9.17, 15) is 14.4 Å². The van der Waals surface area contributed by atoms with Crippen molar-refractivity contribution in [1.29, 1.82) is 0 Å². The Labute approximate surface area is 136 Å². The van der Waals surface area contributed by atoms with Crippen LogP contribution < -0.4 is 0 Å². The molecule has 0 aromatic carbocycles. The van der Waals surface area contributed by atoms with Crippen LogP contribution in [0.5, 0.6) is 0 Å². The fourth-order valence-electron chi connectivity index (χ4n) is 5.55. The Hall–Kier alpha value is -1.45. The van der Waals surface area contributed by atoms with Gasteiger partial charge in [0.1, 0.15) is 11.6 Å². The lowest BCUT2D eigenvalue weighted by Crippen LogP contribution is -2.35. The minimum atomic E-state index is -0.312. The third-order valence-electron chi connectivity index (χ3n) is 6.44. The minimum absolute atomic E-state index is 0.0630. The molecule has 4 rings (SSSR count). The standard InChI is InChI=1S/C19H24O4/c1-9(2)4-3-7-23-19(22)13-8-12-14-10-5-6-11(17(10)20)15(14)16(13)18(12)21/h5-6,9-16H,3-4,7-8H2,1-2H3. The summed E-state index contributed by atoms with van der Waals surface area (Å²) in [4.78, 5) is 37.3. The molecule has 124 valence electrons. The molecule has 0 amide bonds. The molecular formula is C19H24O4. The topological polar surface area (TPSA) is 60.4 Å². The highest BCUT2D eigenvalue weighted by Crippen LogP contribution is 2.64. The van der Waals surface area contributed by atoms with Crippen molar-refractivity contribution >= 4 is 17.5 Å². The Balaban J connectivity index is 1.43. The SMILES string of the molecule is CC(C)CCCOC(=O)C1CC2C(=O)C1C1C3C=CC(C3=O)C21. The van der Waals surface area contributed by atoms with E-state index in [4.69, 9.17) is 4.74 Å². The van der Waals surface area contributed by atoms with Crippen molar-refractivity contribution < 1.29 is 19.1 Å². The number of rotatable bonds is 5. The second-order valence-corrected chi connectivity index (χ2v) is 8.07. The Kier molecular flexibility index (Phi) is 3.47. The number of ketones is 2. The average molecular weight is 316 g/mol. The molecule has 7 unspecified atom stereocenters. The molecule has 0 aromatic rings. The maximum Gasteiger partial charge on any atom is 0.309 e. The highest BCUT2D eigenvalue weighted by atomic mass is 16.5. The van der Waals surface area contributed by atoms with Gasteiger partial charge in [0.15, 0.2) is 0 Å². The first kappa shape index (κ1) is 15.1. The van der Waals surface area contributed by atoms with E-state index >= 15 is 0 Å². The summed E-state index contributed by atoms with van der Waals surface area (Å²) in [6, 6.07) is 0. The second kappa shape index (κ2) is 5.29. The lowest BCUT2D eigenvalue weighted by Gasteiger charge is -2.33. The average Bonchev–Trinajstić information content (AvgIpc) is 3.20. The van der Waals surface area contributed by atoms with Crippen LogP contribution in [0, 0.1) is 47.3 Å². The van der Waals surface area contributed by atoms with E-state index in [1.807, 2.05) is 12.2 Å². The van der Waals surface area contributed by atoms with Gasteiger partial charge in [0.25, 0.3) is 0 Å². The largest absolute Gasteiger partial charge is 0.465 e. The van der Waals surface area contributed by atoms with Crippen LogP contribution in [0.3, 0.4) is 0 Å². The Morgan fingerprint density at radius 2 is 1.87 bits per heavy atom. The Morgan fingerprint density at radius 3 is 2.57 bits per heavy atom. The first-order valence-electron chi connectivity index (χ1n) is 8.93. The zero-order chi connectivity index (χ0) is 16.3. The molecule has 4 heteroatoms. The van der Waals surface area contributed by atoms with E-state index in [2.05, 4.69) is 13.8 Å². The first-order chi connectivity index (χ1) is 11.0. The molecular weight excluding hydrogens is 292 g/mol. The van der Waals surface area contributed by atoms with Crippen LogP contribution >= 0.6 is 0 Å². The summed E-state index contributed by atoms with van der Waals surface area (Å²) >= 11 is 0. The van der Waals surface area contributed by atoms with Crippen molar-refractivity contribution in [1.82, 2.24) is 0 Å². The van der Waals surface area contributed by atoms with Gasteiger partial charge in [-0.2, -0.15) is 0 Å². The number of allylic oxidation sites excluding steroid dienone is 2. The number of carbonyl (C=O) groups excluding carboxylic acids is 3. The lowest BCUT2D eigenvalue weighted by molar-refractivity contribution is -0.152. The monoisotopic (exact) mass is 316 g/mol. The van der Waals surface area contributed by atoms with Crippen LogP contribution in [0.1, 0.15) is 33.1 Å². The Bertz CT molecular complexity index is 590. The molecule has 4 aliphatic carbocycles. The maximum atomic E-state index is 12.6. The molecule has 23 heavy (non-hydrogen) atoms. The zero-order valence-electron chi connectivity index (χ0n) is 13.7. The molecule has 0 N–H and O–H groups in total. The van der Waals surface area contributed by atoms with Crippen LogP contribution in [0.15, 0.2) is 12.2 Å². The van der Waals surface area contributed by atoms with Crippen molar-refractivity contribution in [3.63, 3.8) is 0 Å². The number of ether oxygens (including phenoxy) is 1. The van der Waals surface area contributed by atoms with Crippen molar-refractivity contribution in [2.45, 2.75) is 33.1 Å².